The molecule has 0 spiro atoms. The summed E-state index contributed by atoms with van der Waals surface area (Å²) in [5.74, 6) is 0. The Morgan fingerprint density at radius 3 is 2.92 bits per heavy atom. The minimum atomic E-state index is 0.00259. The van der Waals surface area contributed by atoms with E-state index in [1.807, 2.05) is 36.3 Å². The fourth-order valence-corrected chi connectivity index (χ4v) is 2.98. The number of rotatable bonds is 4. The third kappa shape index (κ3) is 3.08. The molecule has 0 radical (unpaired) electrons. The van der Waals surface area contributed by atoms with E-state index in [0.717, 1.165) is 36.6 Å². The maximum atomic E-state index is 5.93. The van der Waals surface area contributed by atoms with Crippen LogP contribution in [0.2, 0.25) is 0 Å². The minimum absolute atomic E-state index is 0.00259. The quantitative estimate of drug-likeness (QED) is 0.792. The van der Waals surface area contributed by atoms with Crippen molar-refractivity contribution in [3.05, 3.63) is 54.2 Å². The summed E-state index contributed by atoms with van der Waals surface area (Å²) in [4.78, 5) is 6.97. The molecule has 1 atom stereocenters. The van der Waals surface area contributed by atoms with Gasteiger partial charge in [0.15, 0.2) is 0 Å². The molecule has 3 aromatic heterocycles. The molecular formula is C17H20N6O. The summed E-state index contributed by atoms with van der Waals surface area (Å²) in [6.45, 7) is 3.35. The van der Waals surface area contributed by atoms with Gasteiger partial charge in [-0.15, -0.1) is 0 Å². The van der Waals surface area contributed by atoms with Crippen molar-refractivity contribution in [2.24, 2.45) is 7.05 Å². The highest BCUT2D eigenvalue weighted by Crippen LogP contribution is 2.23. The summed E-state index contributed by atoms with van der Waals surface area (Å²) in [7, 11) is 1.98. The second-order valence-corrected chi connectivity index (χ2v) is 5.98. The molecule has 1 unspecified atom stereocenters. The molecule has 1 aliphatic rings. The zero-order valence-corrected chi connectivity index (χ0v) is 13.6. The SMILES string of the molecule is Cn1nccc1CN1CCOC(c2ccc(-c3ccn[nH]3)cn2)C1. The summed E-state index contributed by atoms with van der Waals surface area (Å²) in [6, 6.07) is 8.08. The zero-order chi connectivity index (χ0) is 16.4. The van der Waals surface area contributed by atoms with Crippen molar-refractivity contribution < 1.29 is 4.74 Å². The summed E-state index contributed by atoms with van der Waals surface area (Å²) < 4.78 is 7.85. The Kier molecular flexibility index (Phi) is 4.10. The monoisotopic (exact) mass is 324 g/mol. The molecule has 7 nitrogen and oxygen atoms in total. The predicted molar refractivity (Wildman–Crippen MR) is 89.0 cm³/mol. The number of hydrogen-bond donors (Lipinski definition) is 1. The van der Waals surface area contributed by atoms with E-state index in [2.05, 4.69) is 37.3 Å². The lowest BCUT2D eigenvalue weighted by atomic mass is 10.1. The van der Waals surface area contributed by atoms with Crippen LogP contribution in [0.3, 0.4) is 0 Å². The Balaban J connectivity index is 1.45. The van der Waals surface area contributed by atoms with Gasteiger partial charge in [-0.3, -0.25) is 19.7 Å². The average molecular weight is 324 g/mol. The normalized spacial score (nSPS) is 18.8. The number of aromatic nitrogens is 5. The van der Waals surface area contributed by atoms with E-state index >= 15 is 0 Å². The molecule has 1 fully saturated rings. The molecule has 24 heavy (non-hydrogen) atoms. The first-order valence-corrected chi connectivity index (χ1v) is 8.06. The number of aryl methyl sites for hydroxylation is 1. The van der Waals surface area contributed by atoms with Crippen LogP contribution in [0.1, 0.15) is 17.5 Å². The van der Waals surface area contributed by atoms with Crippen LogP contribution in [-0.2, 0) is 18.3 Å². The van der Waals surface area contributed by atoms with Gasteiger partial charge in [-0.25, -0.2) is 0 Å². The average Bonchev–Trinajstić information content (AvgIpc) is 3.28. The lowest BCUT2D eigenvalue weighted by Crippen LogP contribution is -2.38. The number of pyridine rings is 1. The van der Waals surface area contributed by atoms with Crippen LogP contribution in [0.15, 0.2) is 42.9 Å². The molecule has 4 heterocycles. The molecule has 3 aromatic rings. The molecule has 0 saturated carbocycles. The van der Waals surface area contributed by atoms with Gasteiger partial charge in [-0.05, 0) is 24.3 Å². The highest BCUT2D eigenvalue weighted by atomic mass is 16.5. The summed E-state index contributed by atoms with van der Waals surface area (Å²) in [6.07, 6.45) is 5.45. The topological polar surface area (TPSA) is 71.9 Å². The molecule has 124 valence electrons. The van der Waals surface area contributed by atoms with Crippen molar-refractivity contribution in [3.63, 3.8) is 0 Å². The molecule has 1 saturated heterocycles. The second-order valence-electron chi connectivity index (χ2n) is 5.98. The highest BCUT2D eigenvalue weighted by molar-refractivity contribution is 5.57. The van der Waals surface area contributed by atoms with Gasteiger partial charge in [0.25, 0.3) is 0 Å². The van der Waals surface area contributed by atoms with E-state index in [-0.39, 0.29) is 6.10 Å². The van der Waals surface area contributed by atoms with Gasteiger partial charge in [0, 0.05) is 50.8 Å². The first kappa shape index (κ1) is 15.0. The first-order valence-electron chi connectivity index (χ1n) is 8.06. The zero-order valence-electron chi connectivity index (χ0n) is 13.6. The van der Waals surface area contributed by atoms with E-state index in [9.17, 15) is 0 Å². The van der Waals surface area contributed by atoms with Crippen molar-refractivity contribution in [2.45, 2.75) is 12.6 Å². The number of ether oxygens (including phenoxy) is 1. The fraction of sp³-hybridized carbons (Fsp3) is 0.353. The molecule has 0 bridgehead atoms. The molecule has 0 aromatic carbocycles. The van der Waals surface area contributed by atoms with Crippen molar-refractivity contribution in [2.75, 3.05) is 19.7 Å². The molecule has 7 heteroatoms. The number of hydrogen-bond acceptors (Lipinski definition) is 5. The largest absolute Gasteiger partial charge is 0.369 e. The van der Waals surface area contributed by atoms with Crippen molar-refractivity contribution >= 4 is 0 Å². The van der Waals surface area contributed by atoms with Crippen LogP contribution >= 0.6 is 0 Å². The van der Waals surface area contributed by atoms with Gasteiger partial charge in [0.05, 0.1) is 23.7 Å². The lowest BCUT2D eigenvalue weighted by Gasteiger charge is -2.32. The fourth-order valence-electron chi connectivity index (χ4n) is 2.98. The molecule has 1 aliphatic heterocycles. The smallest absolute Gasteiger partial charge is 0.112 e. The van der Waals surface area contributed by atoms with Crippen molar-refractivity contribution in [3.8, 4) is 11.3 Å². The third-order valence-corrected chi connectivity index (χ3v) is 4.39. The second kappa shape index (κ2) is 6.54. The molecule has 0 aliphatic carbocycles. The van der Waals surface area contributed by atoms with Gasteiger partial charge in [0.2, 0.25) is 0 Å². The van der Waals surface area contributed by atoms with Gasteiger partial charge in [-0.1, -0.05) is 0 Å². The van der Waals surface area contributed by atoms with Crippen molar-refractivity contribution in [1.29, 1.82) is 0 Å². The van der Waals surface area contributed by atoms with Crippen LogP contribution in [0.5, 0.6) is 0 Å². The highest BCUT2D eigenvalue weighted by Gasteiger charge is 2.23. The van der Waals surface area contributed by atoms with E-state index in [0.29, 0.717) is 6.61 Å². The third-order valence-electron chi connectivity index (χ3n) is 4.39. The predicted octanol–water partition coefficient (Wildman–Crippen LogP) is 1.78. The van der Waals surface area contributed by atoms with E-state index in [4.69, 9.17) is 4.74 Å². The summed E-state index contributed by atoms with van der Waals surface area (Å²) in [5.41, 5.74) is 4.17. The number of nitrogens with one attached hydrogen (secondary N) is 1. The van der Waals surface area contributed by atoms with Crippen LogP contribution in [0, 0.1) is 0 Å². The van der Waals surface area contributed by atoms with Crippen molar-refractivity contribution in [1.82, 2.24) is 29.9 Å². The minimum Gasteiger partial charge on any atom is -0.369 e. The summed E-state index contributed by atoms with van der Waals surface area (Å²) >= 11 is 0. The number of morpholine rings is 1. The Bertz CT molecular complexity index is 780. The number of H-pyrrole nitrogens is 1. The maximum Gasteiger partial charge on any atom is 0.112 e. The van der Waals surface area contributed by atoms with Crippen LogP contribution in [0.4, 0.5) is 0 Å². The number of aromatic amines is 1. The van der Waals surface area contributed by atoms with Crippen LogP contribution < -0.4 is 0 Å². The number of nitrogens with zero attached hydrogens (tertiary/aromatic N) is 5. The Labute approximate surface area is 140 Å². The molecule has 0 amide bonds. The van der Waals surface area contributed by atoms with E-state index in [1.54, 1.807) is 6.20 Å². The molecular weight excluding hydrogens is 304 g/mol. The Hall–Kier alpha value is -2.51. The van der Waals surface area contributed by atoms with E-state index in [1.165, 1.54) is 5.69 Å². The summed E-state index contributed by atoms with van der Waals surface area (Å²) in [5, 5.41) is 11.2. The van der Waals surface area contributed by atoms with Gasteiger partial charge in [-0.2, -0.15) is 10.2 Å². The van der Waals surface area contributed by atoms with Crippen LogP contribution in [-0.4, -0.2) is 49.6 Å². The van der Waals surface area contributed by atoms with Crippen LogP contribution in [0.25, 0.3) is 11.3 Å². The Morgan fingerprint density at radius 1 is 1.25 bits per heavy atom. The van der Waals surface area contributed by atoms with Gasteiger partial charge < -0.3 is 4.74 Å². The van der Waals surface area contributed by atoms with Gasteiger partial charge in [0.1, 0.15) is 6.10 Å². The molecule has 4 rings (SSSR count). The maximum absolute atomic E-state index is 5.93. The Morgan fingerprint density at radius 2 is 2.21 bits per heavy atom. The van der Waals surface area contributed by atoms with E-state index < -0.39 is 0 Å². The first-order chi connectivity index (χ1) is 11.8. The standard InChI is InChI=1S/C17H20N6O/c1-22-14(4-7-20-22)11-23-8-9-24-17(12-23)16-3-2-13(10-18-16)15-5-6-19-21-15/h2-7,10,17H,8-9,11-12H2,1H3,(H,19,21). The lowest BCUT2D eigenvalue weighted by molar-refractivity contribution is -0.0356. The molecule has 1 N–H and O–H groups in total. The van der Waals surface area contributed by atoms with Gasteiger partial charge >= 0.3 is 0 Å².